The van der Waals surface area contributed by atoms with Gasteiger partial charge in [0.2, 0.25) is 0 Å². The molecule has 3 rings (SSSR count). The van der Waals surface area contributed by atoms with E-state index in [1.165, 1.54) is 0 Å². The first-order valence-electron chi connectivity index (χ1n) is 5.41. The molecule has 0 aliphatic heterocycles. The maximum absolute atomic E-state index is 4.25. The number of nitrogens with zero attached hydrogens (tertiary/aromatic N) is 3. The minimum absolute atomic E-state index is 0.810. The molecule has 0 fully saturated rings. The van der Waals surface area contributed by atoms with Crippen molar-refractivity contribution >= 4 is 0 Å². The lowest BCUT2D eigenvalue weighted by Crippen LogP contribution is -1.82. The molecule has 17 heavy (non-hydrogen) atoms. The molecule has 0 saturated carbocycles. The molecule has 0 spiro atoms. The summed E-state index contributed by atoms with van der Waals surface area (Å²) in [6.07, 6.45) is 1.76. The van der Waals surface area contributed by atoms with Gasteiger partial charge in [0.25, 0.3) is 0 Å². The van der Waals surface area contributed by atoms with Crippen molar-refractivity contribution in [1.29, 1.82) is 0 Å². The molecule has 0 unspecified atom stereocenters. The van der Waals surface area contributed by atoms with E-state index in [2.05, 4.69) is 15.2 Å². The van der Waals surface area contributed by atoms with E-state index in [-0.39, 0.29) is 0 Å². The quantitative estimate of drug-likeness (QED) is 0.666. The Balaban J connectivity index is 1.99. The van der Waals surface area contributed by atoms with Crippen LogP contribution in [0.5, 0.6) is 0 Å². The molecular weight excluding hydrogens is 210 g/mol. The predicted molar refractivity (Wildman–Crippen MR) is 66.2 cm³/mol. The van der Waals surface area contributed by atoms with Crippen LogP contribution in [0.15, 0.2) is 60.8 Å². The molecule has 0 atom stereocenters. The third kappa shape index (κ3) is 1.95. The lowest BCUT2D eigenvalue weighted by molar-refractivity contribution is 1.06. The molecule has 0 aliphatic rings. The van der Waals surface area contributed by atoms with Crippen LogP contribution >= 0.6 is 0 Å². The smallest absolute Gasteiger partial charge is 0.0867 e. The Labute approximate surface area is 99.2 Å². The monoisotopic (exact) mass is 220 g/mol. The van der Waals surface area contributed by atoms with Gasteiger partial charge in [-0.05, 0) is 23.8 Å². The zero-order chi connectivity index (χ0) is 11.5. The SMILES string of the molecule is c1ccc(-c2cc(-c3ccccn3)n[n-]2)cc1. The highest BCUT2D eigenvalue weighted by molar-refractivity contribution is 5.65. The fraction of sp³-hybridized carbons (Fsp3) is 0. The average molecular weight is 220 g/mol. The largest absolute Gasteiger partial charge is 0.574 e. The standard InChI is InChI=1S/C14H10N3/c1-2-6-11(7-3-1)13-10-14(17-16-13)12-8-4-5-9-15-12/h1-10H/q-1. The number of benzene rings is 1. The zero-order valence-corrected chi connectivity index (χ0v) is 9.12. The second-order valence-corrected chi connectivity index (χ2v) is 3.70. The molecule has 3 heteroatoms. The number of hydrogen-bond donors (Lipinski definition) is 0. The Kier molecular flexibility index (Phi) is 2.43. The Morgan fingerprint density at radius 1 is 0.824 bits per heavy atom. The van der Waals surface area contributed by atoms with E-state index in [0.29, 0.717) is 0 Å². The molecular formula is C14H10N3-. The number of hydrogen-bond acceptors (Lipinski definition) is 2. The lowest BCUT2D eigenvalue weighted by atomic mass is 10.1. The highest BCUT2D eigenvalue weighted by atomic mass is 15.1. The zero-order valence-electron chi connectivity index (χ0n) is 9.12. The summed E-state index contributed by atoms with van der Waals surface area (Å²) in [5.41, 5.74) is 3.61. The van der Waals surface area contributed by atoms with Crippen LogP contribution in [0.25, 0.3) is 22.6 Å². The summed E-state index contributed by atoms with van der Waals surface area (Å²) in [6, 6.07) is 17.7. The van der Waals surface area contributed by atoms with Crippen LogP contribution in [0.3, 0.4) is 0 Å². The van der Waals surface area contributed by atoms with Gasteiger partial charge in [-0.3, -0.25) is 4.98 Å². The van der Waals surface area contributed by atoms with Crippen LogP contribution in [0.2, 0.25) is 0 Å². The predicted octanol–water partition coefficient (Wildman–Crippen LogP) is 2.77. The molecule has 82 valence electrons. The van der Waals surface area contributed by atoms with Crippen molar-refractivity contribution in [1.82, 2.24) is 15.2 Å². The van der Waals surface area contributed by atoms with Gasteiger partial charge < -0.3 is 10.2 Å². The van der Waals surface area contributed by atoms with Gasteiger partial charge in [0, 0.05) is 6.20 Å². The van der Waals surface area contributed by atoms with Gasteiger partial charge in [0.15, 0.2) is 0 Å². The van der Waals surface area contributed by atoms with Crippen LogP contribution in [0, 0.1) is 0 Å². The summed E-state index contributed by atoms with van der Waals surface area (Å²) in [4.78, 5) is 4.25. The first kappa shape index (κ1) is 9.78. The van der Waals surface area contributed by atoms with E-state index in [1.807, 2.05) is 54.6 Å². The highest BCUT2D eigenvalue weighted by Crippen LogP contribution is 2.21. The van der Waals surface area contributed by atoms with Gasteiger partial charge in [0.1, 0.15) is 0 Å². The molecule has 2 heterocycles. The molecule has 2 aromatic heterocycles. The van der Waals surface area contributed by atoms with Crippen LogP contribution < -0.4 is 5.10 Å². The Morgan fingerprint density at radius 3 is 2.41 bits per heavy atom. The first-order valence-corrected chi connectivity index (χ1v) is 5.41. The second-order valence-electron chi connectivity index (χ2n) is 3.70. The van der Waals surface area contributed by atoms with Crippen molar-refractivity contribution in [3.05, 3.63) is 60.8 Å². The van der Waals surface area contributed by atoms with E-state index in [1.54, 1.807) is 6.20 Å². The number of pyridine rings is 1. The van der Waals surface area contributed by atoms with E-state index < -0.39 is 0 Å². The first-order chi connectivity index (χ1) is 8.43. The number of aromatic nitrogens is 3. The summed E-state index contributed by atoms with van der Waals surface area (Å²) < 4.78 is 0. The van der Waals surface area contributed by atoms with Crippen LogP contribution in [-0.4, -0.2) is 10.1 Å². The van der Waals surface area contributed by atoms with Crippen LogP contribution in [-0.2, 0) is 0 Å². The number of rotatable bonds is 2. The molecule has 0 bridgehead atoms. The van der Waals surface area contributed by atoms with Crippen molar-refractivity contribution in [2.45, 2.75) is 0 Å². The van der Waals surface area contributed by atoms with Crippen LogP contribution in [0.1, 0.15) is 0 Å². The molecule has 0 saturated heterocycles. The minimum atomic E-state index is 0.810. The molecule has 1 aromatic carbocycles. The Bertz CT molecular complexity index is 546. The molecule has 3 nitrogen and oxygen atoms in total. The van der Waals surface area contributed by atoms with E-state index >= 15 is 0 Å². The van der Waals surface area contributed by atoms with Crippen molar-refractivity contribution in [2.75, 3.05) is 0 Å². The summed E-state index contributed by atoms with van der Waals surface area (Å²) >= 11 is 0. The van der Waals surface area contributed by atoms with Gasteiger partial charge >= 0.3 is 0 Å². The van der Waals surface area contributed by atoms with E-state index in [0.717, 1.165) is 22.6 Å². The maximum atomic E-state index is 4.25. The third-order valence-corrected chi connectivity index (χ3v) is 2.54. The summed E-state index contributed by atoms with van der Waals surface area (Å²) in [7, 11) is 0. The molecule has 0 amide bonds. The summed E-state index contributed by atoms with van der Waals surface area (Å²) in [6.45, 7) is 0. The highest BCUT2D eigenvalue weighted by Gasteiger charge is 1.98. The van der Waals surface area contributed by atoms with Crippen molar-refractivity contribution < 1.29 is 0 Å². The van der Waals surface area contributed by atoms with Crippen molar-refractivity contribution in [3.8, 4) is 22.6 Å². The van der Waals surface area contributed by atoms with Crippen molar-refractivity contribution in [3.63, 3.8) is 0 Å². The van der Waals surface area contributed by atoms with E-state index in [4.69, 9.17) is 0 Å². The van der Waals surface area contributed by atoms with Gasteiger partial charge in [-0.25, -0.2) is 0 Å². The fourth-order valence-electron chi connectivity index (χ4n) is 1.68. The lowest BCUT2D eigenvalue weighted by Gasteiger charge is -2.02. The third-order valence-electron chi connectivity index (χ3n) is 2.54. The Hall–Kier alpha value is -2.42. The topological polar surface area (TPSA) is 39.9 Å². The average Bonchev–Trinajstić information content (AvgIpc) is 2.90. The van der Waals surface area contributed by atoms with Gasteiger partial charge in [-0.15, -0.1) is 5.69 Å². The van der Waals surface area contributed by atoms with Gasteiger partial charge in [0.05, 0.1) is 11.4 Å². The molecule has 0 radical (unpaired) electrons. The summed E-state index contributed by atoms with van der Waals surface area (Å²) in [5, 5.41) is 8.32. The molecule has 0 aliphatic carbocycles. The fourth-order valence-corrected chi connectivity index (χ4v) is 1.68. The second kappa shape index (κ2) is 4.22. The van der Waals surface area contributed by atoms with Gasteiger partial charge in [-0.1, -0.05) is 36.4 Å². The summed E-state index contributed by atoms with van der Waals surface area (Å²) in [5.74, 6) is 0. The van der Waals surface area contributed by atoms with Gasteiger partial charge in [-0.2, -0.15) is 0 Å². The van der Waals surface area contributed by atoms with Crippen LogP contribution in [0.4, 0.5) is 0 Å². The maximum Gasteiger partial charge on any atom is 0.0867 e. The normalized spacial score (nSPS) is 10.4. The Morgan fingerprint density at radius 2 is 1.65 bits per heavy atom. The minimum Gasteiger partial charge on any atom is -0.574 e. The molecule has 3 aromatic rings. The molecule has 0 N–H and O–H groups in total. The van der Waals surface area contributed by atoms with E-state index in [9.17, 15) is 0 Å². The van der Waals surface area contributed by atoms with Crippen molar-refractivity contribution in [2.24, 2.45) is 0 Å².